The largest absolute Gasteiger partial charge is 0.465 e. The molecule has 0 unspecified atom stereocenters. The highest BCUT2D eigenvalue weighted by Crippen LogP contribution is 2.24. The standard InChI is InChI=1S/C10H12ClNO4S/c1-12(2)17(14,15)9-6-7(10(13)16-3)4-5-8(9)11/h4-6H,1-3H3. The van der Waals surface area contributed by atoms with Gasteiger partial charge in [0.2, 0.25) is 10.0 Å². The highest BCUT2D eigenvalue weighted by atomic mass is 35.5. The first kappa shape index (κ1) is 14.0. The molecule has 1 rings (SSSR count). The maximum atomic E-state index is 11.9. The van der Waals surface area contributed by atoms with E-state index in [9.17, 15) is 13.2 Å². The minimum Gasteiger partial charge on any atom is -0.465 e. The first-order chi connectivity index (χ1) is 7.80. The van der Waals surface area contributed by atoms with E-state index in [1.807, 2.05) is 0 Å². The fourth-order valence-electron chi connectivity index (χ4n) is 1.14. The number of esters is 1. The average Bonchev–Trinajstić information content (AvgIpc) is 2.28. The molecule has 0 saturated heterocycles. The minimum absolute atomic E-state index is 0.0614. The smallest absolute Gasteiger partial charge is 0.337 e. The van der Waals surface area contributed by atoms with Gasteiger partial charge in [0.15, 0.2) is 0 Å². The lowest BCUT2D eigenvalue weighted by Crippen LogP contribution is -2.23. The van der Waals surface area contributed by atoms with E-state index >= 15 is 0 Å². The number of ether oxygens (including phenoxy) is 1. The van der Waals surface area contributed by atoms with E-state index in [0.29, 0.717) is 0 Å². The van der Waals surface area contributed by atoms with Gasteiger partial charge in [-0.05, 0) is 18.2 Å². The Morgan fingerprint density at radius 2 is 1.94 bits per heavy atom. The van der Waals surface area contributed by atoms with E-state index in [2.05, 4.69) is 4.74 Å². The van der Waals surface area contributed by atoms with E-state index in [-0.39, 0.29) is 15.5 Å². The van der Waals surface area contributed by atoms with Crippen LogP contribution in [0.15, 0.2) is 23.1 Å². The summed E-state index contributed by atoms with van der Waals surface area (Å²) in [6, 6.07) is 3.95. The number of nitrogens with zero attached hydrogens (tertiary/aromatic N) is 1. The van der Waals surface area contributed by atoms with Gasteiger partial charge in [0, 0.05) is 14.1 Å². The lowest BCUT2D eigenvalue weighted by atomic mass is 10.2. The zero-order chi connectivity index (χ0) is 13.2. The fourth-order valence-corrected chi connectivity index (χ4v) is 2.54. The predicted octanol–water partition coefficient (Wildman–Crippen LogP) is 1.38. The molecule has 0 fully saturated rings. The number of halogens is 1. The summed E-state index contributed by atoms with van der Waals surface area (Å²) >= 11 is 5.81. The van der Waals surface area contributed by atoms with Crippen molar-refractivity contribution in [2.24, 2.45) is 0 Å². The van der Waals surface area contributed by atoms with Crippen LogP contribution in [0, 0.1) is 0 Å². The third-order valence-corrected chi connectivity index (χ3v) is 4.41. The summed E-state index contributed by atoms with van der Waals surface area (Å²) in [6.07, 6.45) is 0. The second-order valence-corrected chi connectivity index (χ2v) is 5.95. The summed E-state index contributed by atoms with van der Waals surface area (Å²) in [7, 11) is 0.312. The van der Waals surface area contributed by atoms with Gasteiger partial charge in [-0.3, -0.25) is 0 Å². The Morgan fingerprint density at radius 1 is 1.35 bits per heavy atom. The first-order valence-corrected chi connectivity index (χ1v) is 6.43. The Kier molecular flexibility index (Phi) is 4.13. The number of benzene rings is 1. The number of hydrogen-bond acceptors (Lipinski definition) is 4. The summed E-state index contributed by atoms with van der Waals surface area (Å²) in [4.78, 5) is 11.2. The molecular weight excluding hydrogens is 266 g/mol. The Morgan fingerprint density at radius 3 is 2.41 bits per heavy atom. The fraction of sp³-hybridized carbons (Fsp3) is 0.300. The number of methoxy groups -OCH3 is 1. The van der Waals surface area contributed by atoms with Crippen molar-refractivity contribution in [3.05, 3.63) is 28.8 Å². The summed E-state index contributed by atoms with van der Waals surface area (Å²) < 4.78 is 29.3. The molecule has 0 bridgehead atoms. The van der Waals surface area contributed by atoms with Crippen molar-refractivity contribution < 1.29 is 17.9 Å². The van der Waals surface area contributed by atoms with Crippen molar-refractivity contribution in [2.45, 2.75) is 4.90 Å². The molecule has 17 heavy (non-hydrogen) atoms. The maximum absolute atomic E-state index is 11.9. The van der Waals surface area contributed by atoms with Gasteiger partial charge < -0.3 is 4.74 Å². The van der Waals surface area contributed by atoms with Gasteiger partial charge in [-0.2, -0.15) is 0 Å². The van der Waals surface area contributed by atoms with Crippen LogP contribution < -0.4 is 0 Å². The van der Waals surface area contributed by atoms with Crippen LogP contribution in [0.2, 0.25) is 5.02 Å². The number of carbonyl (C=O) groups excluding carboxylic acids is 1. The normalized spacial score (nSPS) is 11.6. The van der Waals surface area contributed by atoms with Crippen molar-refractivity contribution in [1.82, 2.24) is 4.31 Å². The van der Waals surface area contributed by atoms with Crippen LogP contribution in [0.1, 0.15) is 10.4 Å². The molecule has 0 aromatic heterocycles. The minimum atomic E-state index is -3.68. The van der Waals surface area contributed by atoms with Gasteiger partial charge in [-0.25, -0.2) is 17.5 Å². The number of rotatable bonds is 3. The van der Waals surface area contributed by atoms with E-state index in [1.165, 1.54) is 39.4 Å². The zero-order valence-corrected chi connectivity index (χ0v) is 11.2. The molecule has 94 valence electrons. The van der Waals surface area contributed by atoms with Crippen LogP contribution in [0.5, 0.6) is 0 Å². The van der Waals surface area contributed by atoms with Gasteiger partial charge in [0.25, 0.3) is 0 Å². The molecule has 0 saturated carbocycles. The average molecular weight is 278 g/mol. The van der Waals surface area contributed by atoms with Crippen LogP contribution in [-0.2, 0) is 14.8 Å². The summed E-state index contributed by atoms with van der Waals surface area (Å²) in [6.45, 7) is 0. The molecule has 1 aromatic carbocycles. The van der Waals surface area contributed by atoms with E-state index in [1.54, 1.807) is 0 Å². The Balaban J connectivity index is 3.40. The molecule has 0 aliphatic rings. The van der Waals surface area contributed by atoms with Crippen LogP contribution in [0.3, 0.4) is 0 Å². The maximum Gasteiger partial charge on any atom is 0.337 e. The quantitative estimate of drug-likeness (QED) is 0.783. The number of hydrogen-bond donors (Lipinski definition) is 0. The lowest BCUT2D eigenvalue weighted by molar-refractivity contribution is 0.0600. The molecule has 0 radical (unpaired) electrons. The van der Waals surface area contributed by atoms with E-state index in [0.717, 1.165) is 4.31 Å². The zero-order valence-electron chi connectivity index (χ0n) is 9.60. The van der Waals surface area contributed by atoms with E-state index in [4.69, 9.17) is 11.6 Å². The molecule has 0 amide bonds. The topological polar surface area (TPSA) is 63.7 Å². The SMILES string of the molecule is COC(=O)c1ccc(Cl)c(S(=O)(=O)N(C)C)c1. The van der Waals surface area contributed by atoms with Crippen LogP contribution in [-0.4, -0.2) is 39.9 Å². The molecule has 1 aromatic rings. The third-order valence-electron chi connectivity index (χ3n) is 2.11. The molecule has 0 aliphatic heterocycles. The van der Waals surface area contributed by atoms with Gasteiger partial charge in [-0.1, -0.05) is 11.6 Å². The first-order valence-electron chi connectivity index (χ1n) is 4.61. The van der Waals surface area contributed by atoms with Crippen LogP contribution in [0.25, 0.3) is 0 Å². The van der Waals surface area contributed by atoms with Crippen molar-refractivity contribution in [2.75, 3.05) is 21.2 Å². The molecule has 0 aliphatic carbocycles. The second-order valence-electron chi connectivity index (χ2n) is 3.42. The summed E-state index contributed by atoms with van der Waals surface area (Å²) in [5.74, 6) is -0.614. The molecule has 5 nitrogen and oxygen atoms in total. The molecule has 0 N–H and O–H groups in total. The number of sulfonamides is 1. The summed E-state index contributed by atoms with van der Waals surface area (Å²) in [5, 5.41) is 0.0614. The van der Waals surface area contributed by atoms with Gasteiger partial charge in [0.05, 0.1) is 17.7 Å². The van der Waals surface area contributed by atoms with E-state index < -0.39 is 16.0 Å². The van der Waals surface area contributed by atoms with Crippen molar-refractivity contribution in [3.63, 3.8) is 0 Å². The Labute approximate surface area is 105 Å². The molecule has 0 spiro atoms. The van der Waals surface area contributed by atoms with Gasteiger partial charge in [0.1, 0.15) is 4.90 Å². The van der Waals surface area contributed by atoms with Gasteiger partial charge >= 0.3 is 5.97 Å². The molecule has 0 atom stereocenters. The van der Waals surface area contributed by atoms with Crippen molar-refractivity contribution in [1.29, 1.82) is 0 Å². The molecule has 0 heterocycles. The molecular formula is C10H12ClNO4S. The Bertz CT molecular complexity index is 539. The number of carbonyl (C=O) groups is 1. The van der Waals surface area contributed by atoms with Crippen molar-refractivity contribution >= 4 is 27.6 Å². The monoisotopic (exact) mass is 277 g/mol. The van der Waals surface area contributed by atoms with Gasteiger partial charge in [-0.15, -0.1) is 0 Å². The third kappa shape index (κ3) is 2.77. The Hall–Kier alpha value is -1.11. The van der Waals surface area contributed by atoms with Crippen LogP contribution >= 0.6 is 11.6 Å². The highest BCUT2D eigenvalue weighted by molar-refractivity contribution is 7.89. The lowest BCUT2D eigenvalue weighted by Gasteiger charge is -2.13. The summed E-state index contributed by atoms with van der Waals surface area (Å²) in [5.41, 5.74) is 0.136. The highest BCUT2D eigenvalue weighted by Gasteiger charge is 2.22. The molecule has 7 heteroatoms. The van der Waals surface area contributed by atoms with Crippen LogP contribution in [0.4, 0.5) is 0 Å². The predicted molar refractivity (Wildman–Crippen MR) is 63.7 cm³/mol. The second kappa shape index (κ2) is 5.03. The van der Waals surface area contributed by atoms with Crippen molar-refractivity contribution in [3.8, 4) is 0 Å².